The number of nitrogens with zero attached hydrogens (tertiary/aromatic N) is 1. The molecule has 4 heteroatoms. The van der Waals surface area contributed by atoms with Crippen molar-refractivity contribution >= 4 is 11.3 Å². The predicted octanol–water partition coefficient (Wildman–Crippen LogP) is 4.35. The minimum absolute atomic E-state index is 0.193. The average molecular weight is 292 g/mol. The molecular weight excluding hydrogens is 271 g/mol. The van der Waals surface area contributed by atoms with Crippen molar-refractivity contribution in [3.8, 4) is 0 Å². The lowest BCUT2D eigenvalue weighted by Crippen LogP contribution is -2.22. The lowest BCUT2D eigenvalue weighted by Gasteiger charge is -2.18. The first-order chi connectivity index (χ1) is 9.79. The fraction of sp³-hybridized carbons (Fsp3) is 0.438. The molecule has 0 spiro atoms. The quantitative estimate of drug-likeness (QED) is 0.782. The van der Waals surface area contributed by atoms with E-state index in [1.807, 2.05) is 0 Å². The zero-order chi connectivity index (χ0) is 14.2. The zero-order valence-electron chi connectivity index (χ0n) is 11.8. The third-order valence-electron chi connectivity index (χ3n) is 3.27. The van der Waals surface area contributed by atoms with Crippen LogP contribution in [0.2, 0.25) is 0 Å². The third-order valence-corrected chi connectivity index (χ3v) is 4.20. The van der Waals surface area contributed by atoms with Gasteiger partial charge in [0.15, 0.2) is 0 Å². The van der Waals surface area contributed by atoms with Gasteiger partial charge in [-0.25, -0.2) is 4.39 Å². The number of pyridine rings is 1. The molecule has 0 fully saturated rings. The molecule has 20 heavy (non-hydrogen) atoms. The summed E-state index contributed by atoms with van der Waals surface area (Å²) >= 11 is 1.80. The Balaban J connectivity index is 1.92. The van der Waals surface area contributed by atoms with E-state index >= 15 is 0 Å². The molecule has 1 N–H and O–H groups in total. The fourth-order valence-electron chi connectivity index (χ4n) is 2.26. The molecule has 0 aliphatic carbocycles. The minimum atomic E-state index is -0.260. The number of hydrogen-bond acceptors (Lipinski definition) is 3. The highest BCUT2D eigenvalue weighted by atomic mass is 32.1. The molecule has 0 bridgehead atoms. The average Bonchev–Trinajstić information content (AvgIpc) is 2.96. The molecule has 2 nitrogen and oxygen atoms in total. The van der Waals surface area contributed by atoms with Gasteiger partial charge >= 0.3 is 0 Å². The van der Waals surface area contributed by atoms with Gasteiger partial charge in [-0.3, -0.25) is 4.98 Å². The Hall–Kier alpha value is -1.26. The molecule has 108 valence electrons. The smallest absolute Gasteiger partial charge is 0.141 e. The van der Waals surface area contributed by atoms with Crippen LogP contribution in [0.25, 0.3) is 0 Å². The van der Waals surface area contributed by atoms with Crippen molar-refractivity contribution in [1.29, 1.82) is 0 Å². The van der Waals surface area contributed by atoms with E-state index in [1.165, 1.54) is 11.1 Å². The van der Waals surface area contributed by atoms with E-state index in [0.29, 0.717) is 0 Å². The van der Waals surface area contributed by atoms with Gasteiger partial charge in [0.05, 0.1) is 6.20 Å². The van der Waals surface area contributed by atoms with Crippen molar-refractivity contribution in [3.05, 3.63) is 52.2 Å². The van der Waals surface area contributed by atoms with Crippen molar-refractivity contribution in [2.24, 2.45) is 0 Å². The zero-order valence-corrected chi connectivity index (χ0v) is 12.6. The Morgan fingerprint density at radius 3 is 3.00 bits per heavy atom. The SMILES string of the molecule is CCCNC(CCCc1cccs1)c1cncc(F)c1. The summed E-state index contributed by atoms with van der Waals surface area (Å²) < 4.78 is 13.3. The van der Waals surface area contributed by atoms with Gasteiger partial charge in [0.25, 0.3) is 0 Å². The lowest BCUT2D eigenvalue weighted by molar-refractivity contribution is 0.480. The molecule has 0 aliphatic heterocycles. The summed E-state index contributed by atoms with van der Waals surface area (Å²) in [5.41, 5.74) is 0.949. The highest BCUT2D eigenvalue weighted by Gasteiger charge is 2.11. The highest BCUT2D eigenvalue weighted by molar-refractivity contribution is 7.09. The van der Waals surface area contributed by atoms with Gasteiger partial charge in [0, 0.05) is 17.1 Å². The van der Waals surface area contributed by atoms with Crippen LogP contribution in [0.1, 0.15) is 42.7 Å². The van der Waals surface area contributed by atoms with Crippen LogP contribution in [0.15, 0.2) is 36.0 Å². The van der Waals surface area contributed by atoms with E-state index in [0.717, 1.165) is 37.8 Å². The Morgan fingerprint density at radius 1 is 1.40 bits per heavy atom. The van der Waals surface area contributed by atoms with Gasteiger partial charge in [-0.2, -0.15) is 0 Å². The number of rotatable bonds is 8. The summed E-state index contributed by atoms with van der Waals surface area (Å²) in [6, 6.07) is 6.04. The minimum Gasteiger partial charge on any atom is -0.310 e. The number of aromatic nitrogens is 1. The normalized spacial score (nSPS) is 12.5. The molecule has 2 rings (SSSR count). The van der Waals surface area contributed by atoms with Crippen LogP contribution in [0.3, 0.4) is 0 Å². The van der Waals surface area contributed by atoms with Gasteiger partial charge in [-0.05, 0) is 55.3 Å². The van der Waals surface area contributed by atoms with E-state index in [4.69, 9.17) is 0 Å². The second-order valence-corrected chi connectivity index (χ2v) is 5.95. The van der Waals surface area contributed by atoms with Crippen LogP contribution >= 0.6 is 11.3 Å². The number of nitrogens with one attached hydrogen (secondary N) is 1. The standard InChI is InChI=1S/C16H21FN2S/c1-2-8-19-16(13-10-14(17)12-18-11-13)7-3-5-15-6-4-9-20-15/h4,6,9-12,16,19H,2-3,5,7-8H2,1H3. The maximum atomic E-state index is 13.3. The van der Waals surface area contributed by atoms with Crippen LogP contribution in [-0.4, -0.2) is 11.5 Å². The van der Waals surface area contributed by atoms with Crippen LogP contribution in [0.4, 0.5) is 4.39 Å². The number of halogens is 1. The molecular formula is C16H21FN2S. The summed E-state index contributed by atoms with van der Waals surface area (Å²) in [7, 11) is 0. The van der Waals surface area contributed by atoms with Crippen LogP contribution in [0.5, 0.6) is 0 Å². The molecule has 0 aromatic carbocycles. The van der Waals surface area contributed by atoms with Gasteiger partial charge in [0.2, 0.25) is 0 Å². The number of thiophene rings is 1. The summed E-state index contributed by atoms with van der Waals surface area (Å²) in [5, 5.41) is 5.60. The van der Waals surface area contributed by atoms with Crippen molar-refractivity contribution in [2.75, 3.05) is 6.54 Å². The largest absolute Gasteiger partial charge is 0.310 e. The first kappa shape index (κ1) is 15.1. The Kier molecular flexibility index (Phi) is 6.15. The summed E-state index contributed by atoms with van der Waals surface area (Å²) in [4.78, 5) is 5.37. The maximum Gasteiger partial charge on any atom is 0.141 e. The van der Waals surface area contributed by atoms with Crippen LogP contribution < -0.4 is 5.32 Å². The number of hydrogen-bond donors (Lipinski definition) is 1. The van der Waals surface area contributed by atoms with E-state index in [2.05, 4.69) is 34.7 Å². The lowest BCUT2D eigenvalue weighted by atomic mass is 10.0. The van der Waals surface area contributed by atoms with Crippen LogP contribution in [-0.2, 0) is 6.42 Å². The van der Waals surface area contributed by atoms with Gasteiger partial charge < -0.3 is 5.32 Å². The van der Waals surface area contributed by atoms with E-state index in [-0.39, 0.29) is 11.9 Å². The van der Waals surface area contributed by atoms with Gasteiger partial charge in [-0.15, -0.1) is 11.3 Å². The molecule has 1 unspecified atom stereocenters. The fourth-order valence-corrected chi connectivity index (χ4v) is 3.01. The van der Waals surface area contributed by atoms with Gasteiger partial charge in [-0.1, -0.05) is 13.0 Å². The maximum absolute atomic E-state index is 13.3. The molecule has 0 aliphatic rings. The molecule has 1 atom stereocenters. The van der Waals surface area contributed by atoms with Crippen molar-refractivity contribution in [1.82, 2.24) is 10.3 Å². The van der Waals surface area contributed by atoms with Gasteiger partial charge in [0.1, 0.15) is 5.82 Å². The number of aryl methyl sites for hydroxylation is 1. The Labute approximate surface area is 124 Å². The second-order valence-electron chi connectivity index (χ2n) is 4.91. The first-order valence-electron chi connectivity index (χ1n) is 7.16. The topological polar surface area (TPSA) is 24.9 Å². The van der Waals surface area contributed by atoms with Crippen molar-refractivity contribution < 1.29 is 4.39 Å². The van der Waals surface area contributed by atoms with Crippen LogP contribution in [0, 0.1) is 5.82 Å². The van der Waals surface area contributed by atoms with Crippen molar-refractivity contribution in [3.63, 3.8) is 0 Å². The summed E-state index contributed by atoms with van der Waals surface area (Å²) in [6.45, 7) is 3.08. The van der Waals surface area contributed by atoms with E-state index in [9.17, 15) is 4.39 Å². The van der Waals surface area contributed by atoms with E-state index < -0.39 is 0 Å². The monoisotopic (exact) mass is 292 g/mol. The molecule has 0 radical (unpaired) electrons. The molecule has 0 amide bonds. The molecule has 2 heterocycles. The first-order valence-corrected chi connectivity index (χ1v) is 8.03. The summed E-state index contributed by atoms with van der Waals surface area (Å²) in [6.07, 6.45) is 7.28. The van der Waals surface area contributed by atoms with Crippen molar-refractivity contribution in [2.45, 2.75) is 38.6 Å². The Bertz CT molecular complexity index is 499. The second kappa shape index (κ2) is 8.12. The third kappa shape index (κ3) is 4.69. The molecule has 0 saturated heterocycles. The summed E-state index contributed by atoms with van der Waals surface area (Å²) in [5.74, 6) is -0.260. The molecule has 2 aromatic heterocycles. The van der Waals surface area contributed by atoms with E-state index in [1.54, 1.807) is 23.6 Å². The molecule has 2 aromatic rings. The predicted molar refractivity (Wildman–Crippen MR) is 82.5 cm³/mol. The highest BCUT2D eigenvalue weighted by Crippen LogP contribution is 2.21. The molecule has 0 saturated carbocycles. The Morgan fingerprint density at radius 2 is 2.30 bits per heavy atom.